The molecule has 0 aliphatic rings. The molecule has 1 unspecified atom stereocenters. The van der Waals surface area contributed by atoms with Crippen molar-refractivity contribution < 1.29 is 14.3 Å². The molecule has 1 atom stereocenters. The zero-order chi connectivity index (χ0) is 14.4. The maximum absolute atomic E-state index is 11.7. The molecular formula is C13H17ClN2O3. The fourth-order valence-corrected chi connectivity index (χ4v) is 1.80. The smallest absolute Gasteiger partial charge is 0.339 e. The molecule has 0 saturated heterocycles. The topological polar surface area (TPSA) is 81.4 Å². The summed E-state index contributed by atoms with van der Waals surface area (Å²) in [6, 6.07) is 4.01. The monoisotopic (exact) mass is 284 g/mol. The Morgan fingerprint density at radius 2 is 2.16 bits per heavy atom. The van der Waals surface area contributed by atoms with Crippen molar-refractivity contribution in [1.29, 1.82) is 0 Å². The van der Waals surface area contributed by atoms with E-state index in [0.717, 1.165) is 6.42 Å². The fraction of sp³-hybridized carbons (Fsp3) is 0.385. The van der Waals surface area contributed by atoms with Gasteiger partial charge in [0.25, 0.3) is 0 Å². The molecule has 1 aromatic rings. The van der Waals surface area contributed by atoms with Crippen molar-refractivity contribution in [2.45, 2.75) is 25.8 Å². The second kappa shape index (κ2) is 7.11. The lowest BCUT2D eigenvalue weighted by atomic mass is 10.1. The minimum Gasteiger partial charge on any atom is -0.465 e. The lowest BCUT2D eigenvalue weighted by Crippen LogP contribution is -2.35. The molecule has 1 amide bonds. The van der Waals surface area contributed by atoms with Crippen LogP contribution in [-0.2, 0) is 9.53 Å². The molecule has 6 heteroatoms. The van der Waals surface area contributed by atoms with E-state index in [-0.39, 0.29) is 16.5 Å². The summed E-state index contributed by atoms with van der Waals surface area (Å²) in [4.78, 5) is 23.1. The van der Waals surface area contributed by atoms with Gasteiger partial charge in [-0.2, -0.15) is 0 Å². The number of carbonyl (C=O) groups excluding carboxylic acids is 2. The van der Waals surface area contributed by atoms with E-state index >= 15 is 0 Å². The first-order chi connectivity index (χ1) is 8.99. The molecule has 104 valence electrons. The van der Waals surface area contributed by atoms with Crippen LogP contribution in [0.3, 0.4) is 0 Å². The Bertz CT molecular complexity index is 477. The number of ether oxygens (including phenoxy) is 1. The molecule has 1 rings (SSSR count). The molecule has 0 spiro atoms. The van der Waals surface area contributed by atoms with Gasteiger partial charge in [0.15, 0.2) is 0 Å². The molecular weight excluding hydrogens is 268 g/mol. The Labute approximate surface area is 117 Å². The number of nitrogens with one attached hydrogen (secondary N) is 1. The first-order valence-electron chi connectivity index (χ1n) is 5.94. The van der Waals surface area contributed by atoms with Crippen LogP contribution in [-0.4, -0.2) is 25.0 Å². The molecule has 0 heterocycles. The third kappa shape index (κ3) is 4.22. The normalized spacial score (nSPS) is 11.8. The second-order valence-corrected chi connectivity index (χ2v) is 4.48. The van der Waals surface area contributed by atoms with Crippen LogP contribution in [0.4, 0.5) is 5.69 Å². The number of carbonyl (C=O) groups is 2. The SMILES string of the molecule is CCCC(N)C(=O)Nc1ccc(C(=O)OC)c(Cl)c1. The van der Waals surface area contributed by atoms with E-state index in [0.29, 0.717) is 12.1 Å². The average molecular weight is 285 g/mol. The van der Waals surface area contributed by atoms with Gasteiger partial charge in [-0.3, -0.25) is 4.79 Å². The largest absolute Gasteiger partial charge is 0.465 e. The number of anilines is 1. The van der Waals surface area contributed by atoms with Gasteiger partial charge in [-0.25, -0.2) is 4.79 Å². The molecule has 0 radical (unpaired) electrons. The molecule has 0 saturated carbocycles. The van der Waals surface area contributed by atoms with Crippen molar-refractivity contribution in [2.75, 3.05) is 12.4 Å². The zero-order valence-electron chi connectivity index (χ0n) is 10.9. The summed E-state index contributed by atoms with van der Waals surface area (Å²) in [5, 5.41) is 2.87. The molecule has 0 aliphatic carbocycles. The van der Waals surface area contributed by atoms with E-state index < -0.39 is 12.0 Å². The van der Waals surface area contributed by atoms with Crippen LogP contribution in [0.5, 0.6) is 0 Å². The number of rotatable bonds is 5. The van der Waals surface area contributed by atoms with Gasteiger partial charge in [-0.15, -0.1) is 0 Å². The Kier molecular flexibility index (Phi) is 5.79. The quantitative estimate of drug-likeness (QED) is 0.812. The summed E-state index contributed by atoms with van der Waals surface area (Å²) in [6.45, 7) is 1.95. The van der Waals surface area contributed by atoms with E-state index in [9.17, 15) is 9.59 Å². The van der Waals surface area contributed by atoms with Crippen LogP contribution in [0, 0.1) is 0 Å². The number of benzene rings is 1. The van der Waals surface area contributed by atoms with Gasteiger partial charge in [-0.1, -0.05) is 24.9 Å². The zero-order valence-corrected chi connectivity index (χ0v) is 11.7. The molecule has 0 aliphatic heterocycles. The molecule has 1 aromatic carbocycles. The van der Waals surface area contributed by atoms with Crippen molar-refractivity contribution >= 4 is 29.2 Å². The highest BCUT2D eigenvalue weighted by molar-refractivity contribution is 6.34. The van der Waals surface area contributed by atoms with Gasteiger partial charge in [-0.05, 0) is 24.6 Å². The third-order valence-corrected chi connectivity index (χ3v) is 2.89. The standard InChI is InChI=1S/C13H17ClN2O3/c1-3-4-11(15)12(17)16-8-5-6-9(10(14)7-8)13(18)19-2/h5-7,11H,3-4,15H2,1-2H3,(H,16,17). The highest BCUT2D eigenvalue weighted by atomic mass is 35.5. The summed E-state index contributed by atoms with van der Waals surface area (Å²) in [5.41, 5.74) is 6.44. The van der Waals surface area contributed by atoms with Gasteiger partial charge in [0, 0.05) is 5.69 Å². The van der Waals surface area contributed by atoms with Crippen LogP contribution in [0.1, 0.15) is 30.1 Å². The number of nitrogens with two attached hydrogens (primary N) is 1. The minimum absolute atomic E-state index is 0.216. The Hall–Kier alpha value is -1.59. The maximum Gasteiger partial charge on any atom is 0.339 e. The number of methoxy groups -OCH3 is 1. The first kappa shape index (κ1) is 15.5. The van der Waals surface area contributed by atoms with E-state index in [1.54, 1.807) is 6.07 Å². The number of halogens is 1. The van der Waals surface area contributed by atoms with Crippen molar-refractivity contribution in [3.63, 3.8) is 0 Å². The number of esters is 1. The minimum atomic E-state index is -0.552. The summed E-state index contributed by atoms with van der Waals surface area (Å²) >= 11 is 5.94. The lowest BCUT2D eigenvalue weighted by molar-refractivity contribution is -0.117. The predicted molar refractivity (Wildman–Crippen MR) is 74.3 cm³/mol. The van der Waals surface area contributed by atoms with Crippen molar-refractivity contribution in [1.82, 2.24) is 0 Å². The van der Waals surface area contributed by atoms with Gasteiger partial charge in [0.2, 0.25) is 5.91 Å². The van der Waals surface area contributed by atoms with Gasteiger partial charge >= 0.3 is 5.97 Å². The Balaban J connectivity index is 2.79. The van der Waals surface area contributed by atoms with E-state index in [1.165, 1.54) is 19.2 Å². The average Bonchev–Trinajstić information content (AvgIpc) is 2.38. The molecule has 5 nitrogen and oxygen atoms in total. The van der Waals surface area contributed by atoms with Crippen LogP contribution >= 0.6 is 11.6 Å². The van der Waals surface area contributed by atoms with Gasteiger partial charge in [0.05, 0.1) is 23.7 Å². The van der Waals surface area contributed by atoms with Crippen LogP contribution in [0.15, 0.2) is 18.2 Å². The van der Waals surface area contributed by atoms with E-state index in [1.807, 2.05) is 6.92 Å². The summed E-state index contributed by atoms with van der Waals surface area (Å²) in [6.07, 6.45) is 1.44. The highest BCUT2D eigenvalue weighted by Crippen LogP contribution is 2.21. The summed E-state index contributed by atoms with van der Waals surface area (Å²) in [7, 11) is 1.28. The molecule has 0 aromatic heterocycles. The maximum atomic E-state index is 11.7. The molecule has 0 fully saturated rings. The molecule has 19 heavy (non-hydrogen) atoms. The summed E-state index contributed by atoms with van der Waals surface area (Å²) in [5.74, 6) is -0.797. The number of hydrogen-bond acceptors (Lipinski definition) is 4. The van der Waals surface area contributed by atoms with Crippen LogP contribution < -0.4 is 11.1 Å². The molecule has 0 bridgehead atoms. The Morgan fingerprint density at radius 3 is 2.68 bits per heavy atom. The van der Waals surface area contributed by atoms with Crippen molar-refractivity contribution in [2.24, 2.45) is 5.73 Å². The fourth-order valence-electron chi connectivity index (χ4n) is 1.55. The van der Waals surface area contributed by atoms with Gasteiger partial charge in [0.1, 0.15) is 0 Å². The number of amides is 1. The second-order valence-electron chi connectivity index (χ2n) is 4.07. The predicted octanol–water partition coefficient (Wildman–Crippen LogP) is 2.19. The lowest BCUT2D eigenvalue weighted by Gasteiger charge is -2.12. The van der Waals surface area contributed by atoms with E-state index in [2.05, 4.69) is 10.1 Å². The van der Waals surface area contributed by atoms with Crippen molar-refractivity contribution in [3.05, 3.63) is 28.8 Å². The van der Waals surface area contributed by atoms with E-state index in [4.69, 9.17) is 17.3 Å². The van der Waals surface area contributed by atoms with Crippen LogP contribution in [0.2, 0.25) is 5.02 Å². The molecule has 3 N–H and O–H groups in total. The van der Waals surface area contributed by atoms with Crippen molar-refractivity contribution in [3.8, 4) is 0 Å². The highest BCUT2D eigenvalue weighted by Gasteiger charge is 2.15. The summed E-state index contributed by atoms with van der Waals surface area (Å²) < 4.78 is 4.58. The Morgan fingerprint density at radius 1 is 1.47 bits per heavy atom. The number of hydrogen-bond donors (Lipinski definition) is 2. The third-order valence-electron chi connectivity index (χ3n) is 2.58. The van der Waals surface area contributed by atoms with Crippen LogP contribution in [0.25, 0.3) is 0 Å². The van der Waals surface area contributed by atoms with Gasteiger partial charge < -0.3 is 15.8 Å². The first-order valence-corrected chi connectivity index (χ1v) is 6.31.